The Bertz CT molecular complexity index is 834. The zero-order chi connectivity index (χ0) is 21.5. The number of piperazine rings is 1. The SMILES string of the molecule is CCCN(C)c1cc(CC)nc(SCc2ccc(C(=O)N3CCN(C)CC3)cc2)n1. The van der Waals surface area contributed by atoms with E-state index >= 15 is 0 Å². The molecule has 6 nitrogen and oxygen atoms in total. The highest BCUT2D eigenvalue weighted by Crippen LogP contribution is 2.23. The summed E-state index contributed by atoms with van der Waals surface area (Å²) in [6, 6.07) is 10.1. The highest BCUT2D eigenvalue weighted by Gasteiger charge is 2.20. The number of rotatable bonds is 8. The van der Waals surface area contributed by atoms with Crippen LogP contribution in [0.3, 0.4) is 0 Å². The van der Waals surface area contributed by atoms with Gasteiger partial charge in [-0.05, 0) is 37.6 Å². The summed E-state index contributed by atoms with van der Waals surface area (Å²) < 4.78 is 0. The zero-order valence-electron chi connectivity index (χ0n) is 18.6. The first-order chi connectivity index (χ1) is 14.5. The first kappa shape index (κ1) is 22.6. The number of nitrogens with zero attached hydrogens (tertiary/aromatic N) is 5. The number of carbonyl (C=O) groups is 1. The van der Waals surface area contributed by atoms with Gasteiger partial charge < -0.3 is 14.7 Å². The van der Waals surface area contributed by atoms with Crippen LogP contribution in [0.25, 0.3) is 0 Å². The van der Waals surface area contributed by atoms with Gasteiger partial charge in [-0.2, -0.15) is 0 Å². The Morgan fingerprint density at radius 2 is 1.80 bits per heavy atom. The molecule has 0 unspecified atom stereocenters. The van der Waals surface area contributed by atoms with Crippen molar-refractivity contribution < 1.29 is 4.79 Å². The lowest BCUT2D eigenvalue weighted by molar-refractivity contribution is 0.0664. The van der Waals surface area contributed by atoms with Gasteiger partial charge in [0.05, 0.1) is 0 Å². The third kappa shape index (κ3) is 5.95. The van der Waals surface area contributed by atoms with Crippen LogP contribution < -0.4 is 4.90 Å². The number of aromatic nitrogens is 2. The fraction of sp³-hybridized carbons (Fsp3) is 0.522. The van der Waals surface area contributed by atoms with Crippen molar-refractivity contribution in [1.29, 1.82) is 0 Å². The monoisotopic (exact) mass is 427 g/mol. The Hall–Kier alpha value is -2.12. The van der Waals surface area contributed by atoms with Gasteiger partial charge in [0.1, 0.15) is 5.82 Å². The van der Waals surface area contributed by atoms with Crippen molar-refractivity contribution in [2.45, 2.75) is 37.6 Å². The van der Waals surface area contributed by atoms with E-state index in [0.717, 1.165) is 73.5 Å². The number of benzene rings is 1. The summed E-state index contributed by atoms with van der Waals surface area (Å²) in [5.41, 5.74) is 3.00. The molecule has 1 aliphatic heterocycles. The van der Waals surface area contributed by atoms with Crippen LogP contribution in [0.4, 0.5) is 5.82 Å². The van der Waals surface area contributed by atoms with Crippen molar-refractivity contribution in [3.8, 4) is 0 Å². The van der Waals surface area contributed by atoms with Crippen molar-refractivity contribution in [2.24, 2.45) is 0 Å². The van der Waals surface area contributed by atoms with Gasteiger partial charge in [0, 0.05) is 62.8 Å². The van der Waals surface area contributed by atoms with Gasteiger partial charge in [-0.3, -0.25) is 4.79 Å². The van der Waals surface area contributed by atoms with Crippen LogP contribution in [-0.2, 0) is 12.2 Å². The van der Waals surface area contributed by atoms with Crippen LogP contribution in [0, 0.1) is 0 Å². The first-order valence-corrected chi connectivity index (χ1v) is 11.8. The van der Waals surface area contributed by atoms with Gasteiger partial charge in [-0.25, -0.2) is 9.97 Å². The molecule has 1 aliphatic rings. The molecule has 0 N–H and O–H groups in total. The fourth-order valence-corrected chi connectivity index (χ4v) is 4.26. The maximum Gasteiger partial charge on any atom is 0.253 e. The predicted molar refractivity (Wildman–Crippen MR) is 124 cm³/mol. The topological polar surface area (TPSA) is 52.6 Å². The Labute approximate surface area is 184 Å². The van der Waals surface area contributed by atoms with Crippen LogP contribution >= 0.6 is 11.8 Å². The number of likely N-dealkylation sites (N-methyl/N-ethyl adjacent to an activating group) is 1. The number of carbonyl (C=O) groups excluding carboxylic acids is 1. The van der Waals surface area contributed by atoms with Crippen molar-refractivity contribution in [3.05, 3.63) is 47.2 Å². The van der Waals surface area contributed by atoms with Crippen LogP contribution in [0.2, 0.25) is 0 Å². The van der Waals surface area contributed by atoms with E-state index in [2.05, 4.69) is 48.8 Å². The Morgan fingerprint density at radius 3 is 2.43 bits per heavy atom. The van der Waals surface area contributed by atoms with Crippen molar-refractivity contribution >= 4 is 23.5 Å². The van der Waals surface area contributed by atoms with E-state index in [-0.39, 0.29) is 5.91 Å². The zero-order valence-corrected chi connectivity index (χ0v) is 19.4. The Morgan fingerprint density at radius 1 is 1.10 bits per heavy atom. The lowest BCUT2D eigenvalue weighted by atomic mass is 10.1. The van der Waals surface area contributed by atoms with Gasteiger partial charge in [-0.15, -0.1) is 0 Å². The molecule has 1 amide bonds. The molecule has 0 radical (unpaired) electrons. The van der Waals surface area contributed by atoms with E-state index in [4.69, 9.17) is 4.98 Å². The number of aryl methyl sites for hydroxylation is 1. The second-order valence-corrected chi connectivity index (χ2v) is 8.80. The third-order valence-corrected chi connectivity index (χ3v) is 6.34. The van der Waals surface area contributed by atoms with Gasteiger partial charge in [-0.1, -0.05) is 37.7 Å². The van der Waals surface area contributed by atoms with E-state index in [1.165, 1.54) is 5.56 Å². The molecule has 0 aliphatic carbocycles. The average Bonchev–Trinajstić information content (AvgIpc) is 2.78. The maximum atomic E-state index is 12.7. The number of hydrogen-bond donors (Lipinski definition) is 0. The Kier molecular flexibility index (Phi) is 8.10. The number of hydrogen-bond acceptors (Lipinski definition) is 6. The molecule has 1 aromatic carbocycles. The van der Waals surface area contributed by atoms with Crippen LogP contribution in [0.1, 0.15) is 41.9 Å². The molecule has 1 aromatic heterocycles. The number of thioether (sulfide) groups is 1. The molecule has 2 heterocycles. The second kappa shape index (κ2) is 10.8. The lowest BCUT2D eigenvalue weighted by Gasteiger charge is -2.32. The van der Waals surface area contributed by atoms with Gasteiger partial charge in [0.2, 0.25) is 0 Å². The molecule has 7 heteroatoms. The smallest absolute Gasteiger partial charge is 0.253 e. The molecular weight excluding hydrogens is 394 g/mol. The summed E-state index contributed by atoms with van der Waals surface area (Å²) in [7, 11) is 4.18. The third-order valence-electron chi connectivity index (χ3n) is 5.42. The molecule has 30 heavy (non-hydrogen) atoms. The molecule has 3 rings (SSSR count). The van der Waals surface area contributed by atoms with E-state index in [1.807, 2.05) is 29.2 Å². The van der Waals surface area contributed by atoms with Gasteiger partial charge in [0.25, 0.3) is 5.91 Å². The molecule has 1 fully saturated rings. The van der Waals surface area contributed by atoms with Gasteiger partial charge >= 0.3 is 0 Å². The van der Waals surface area contributed by atoms with E-state index in [1.54, 1.807) is 11.8 Å². The van der Waals surface area contributed by atoms with Crippen molar-refractivity contribution in [3.63, 3.8) is 0 Å². The summed E-state index contributed by atoms with van der Waals surface area (Å²) in [6.07, 6.45) is 1.98. The van der Waals surface area contributed by atoms with Crippen LogP contribution in [-0.4, -0.2) is 72.5 Å². The quantitative estimate of drug-likeness (QED) is 0.474. The summed E-state index contributed by atoms with van der Waals surface area (Å²) >= 11 is 1.65. The van der Waals surface area contributed by atoms with Gasteiger partial charge in [0.15, 0.2) is 5.16 Å². The van der Waals surface area contributed by atoms with Crippen LogP contribution in [0.5, 0.6) is 0 Å². The second-order valence-electron chi connectivity index (χ2n) is 7.86. The summed E-state index contributed by atoms with van der Waals surface area (Å²) in [4.78, 5) is 28.5. The van der Waals surface area contributed by atoms with E-state index < -0.39 is 0 Å². The van der Waals surface area contributed by atoms with E-state index in [9.17, 15) is 4.79 Å². The molecule has 2 aromatic rings. The lowest BCUT2D eigenvalue weighted by Crippen LogP contribution is -2.47. The fourth-order valence-electron chi connectivity index (χ4n) is 3.43. The highest BCUT2D eigenvalue weighted by atomic mass is 32.2. The maximum absolute atomic E-state index is 12.7. The van der Waals surface area contributed by atoms with Crippen LogP contribution in [0.15, 0.2) is 35.5 Å². The normalized spacial score (nSPS) is 14.7. The van der Waals surface area contributed by atoms with Crippen molar-refractivity contribution in [2.75, 3.05) is 51.7 Å². The molecule has 162 valence electrons. The number of amides is 1. The first-order valence-electron chi connectivity index (χ1n) is 10.8. The summed E-state index contributed by atoms with van der Waals surface area (Å²) in [5.74, 6) is 1.90. The number of anilines is 1. The highest BCUT2D eigenvalue weighted by molar-refractivity contribution is 7.98. The standard InChI is InChI=1S/C23H33N5OS/c1-5-11-27(4)21-16-20(6-2)24-23(25-21)30-17-18-7-9-19(10-8-18)22(29)28-14-12-26(3)13-15-28/h7-10,16H,5-6,11-15,17H2,1-4H3. The predicted octanol–water partition coefficient (Wildman–Crippen LogP) is 3.57. The summed E-state index contributed by atoms with van der Waals surface area (Å²) in [6.45, 7) is 8.74. The van der Waals surface area contributed by atoms with E-state index in [0.29, 0.717) is 0 Å². The molecule has 0 spiro atoms. The molecule has 0 saturated carbocycles. The molecule has 0 bridgehead atoms. The minimum absolute atomic E-state index is 0.130. The minimum Gasteiger partial charge on any atom is -0.360 e. The largest absolute Gasteiger partial charge is 0.360 e. The molecule has 0 atom stereocenters. The van der Waals surface area contributed by atoms with Crippen molar-refractivity contribution in [1.82, 2.24) is 19.8 Å². The average molecular weight is 428 g/mol. The minimum atomic E-state index is 0.130. The summed E-state index contributed by atoms with van der Waals surface area (Å²) in [5, 5.41) is 0.810. The molecule has 1 saturated heterocycles. The Balaban J connectivity index is 1.62. The molecular formula is C23H33N5OS.